The zero-order valence-electron chi connectivity index (χ0n) is 9.29. The Morgan fingerprint density at radius 2 is 2.20 bits per heavy atom. The molecule has 0 spiro atoms. The second kappa shape index (κ2) is 5.21. The van der Waals surface area contributed by atoms with Crippen molar-refractivity contribution in [3.05, 3.63) is 0 Å². The molecule has 0 radical (unpaired) electrons. The van der Waals surface area contributed by atoms with Gasteiger partial charge in [0.15, 0.2) is 0 Å². The molecule has 4 heteroatoms. The SMILES string of the molecule is CC(NC(=O)[C@H]1CSCN1)C1CCCC1. The molecule has 0 bridgehead atoms. The van der Waals surface area contributed by atoms with Crippen molar-refractivity contribution in [3.8, 4) is 0 Å². The number of carbonyl (C=O) groups excluding carboxylic acids is 1. The second-order valence-electron chi connectivity index (χ2n) is 4.61. The molecule has 86 valence electrons. The van der Waals surface area contributed by atoms with Crippen LogP contribution in [-0.4, -0.2) is 29.6 Å². The van der Waals surface area contributed by atoms with Gasteiger partial charge >= 0.3 is 0 Å². The molecule has 1 saturated carbocycles. The van der Waals surface area contributed by atoms with E-state index in [0.29, 0.717) is 12.0 Å². The van der Waals surface area contributed by atoms with Gasteiger partial charge < -0.3 is 5.32 Å². The van der Waals surface area contributed by atoms with Gasteiger partial charge in [-0.1, -0.05) is 12.8 Å². The lowest BCUT2D eigenvalue weighted by atomic mass is 9.99. The van der Waals surface area contributed by atoms with Crippen molar-refractivity contribution >= 4 is 17.7 Å². The predicted molar refractivity (Wildman–Crippen MR) is 63.8 cm³/mol. The monoisotopic (exact) mass is 228 g/mol. The van der Waals surface area contributed by atoms with E-state index in [1.807, 2.05) is 0 Å². The van der Waals surface area contributed by atoms with Crippen molar-refractivity contribution in [1.29, 1.82) is 0 Å². The van der Waals surface area contributed by atoms with Gasteiger partial charge in [-0.25, -0.2) is 0 Å². The van der Waals surface area contributed by atoms with Gasteiger partial charge in [0.25, 0.3) is 0 Å². The summed E-state index contributed by atoms with van der Waals surface area (Å²) in [5.41, 5.74) is 0. The molecule has 2 rings (SSSR count). The van der Waals surface area contributed by atoms with Crippen LogP contribution in [0.15, 0.2) is 0 Å². The molecule has 15 heavy (non-hydrogen) atoms. The van der Waals surface area contributed by atoms with E-state index < -0.39 is 0 Å². The van der Waals surface area contributed by atoms with E-state index in [4.69, 9.17) is 0 Å². The third kappa shape index (κ3) is 2.88. The summed E-state index contributed by atoms with van der Waals surface area (Å²) in [7, 11) is 0. The van der Waals surface area contributed by atoms with Crippen LogP contribution < -0.4 is 10.6 Å². The fourth-order valence-electron chi connectivity index (χ4n) is 2.46. The number of carbonyl (C=O) groups is 1. The standard InChI is InChI=1S/C11H20N2OS/c1-8(9-4-2-3-5-9)13-11(14)10-6-15-7-12-10/h8-10,12H,2-7H2,1H3,(H,13,14)/t8?,10-/m1/s1. The zero-order chi connectivity index (χ0) is 10.7. The molecular formula is C11H20N2OS. The molecule has 1 unspecified atom stereocenters. The van der Waals surface area contributed by atoms with E-state index in [9.17, 15) is 4.79 Å². The Kier molecular flexibility index (Phi) is 3.92. The van der Waals surface area contributed by atoms with Gasteiger partial charge in [0.1, 0.15) is 0 Å². The van der Waals surface area contributed by atoms with Crippen LogP contribution in [0.25, 0.3) is 0 Å². The number of rotatable bonds is 3. The van der Waals surface area contributed by atoms with Gasteiger partial charge in [0, 0.05) is 17.7 Å². The normalized spacial score (nSPS) is 29.3. The van der Waals surface area contributed by atoms with Crippen LogP contribution in [0.2, 0.25) is 0 Å². The molecule has 2 fully saturated rings. The van der Waals surface area contributed by atoms with E-state index in [1.54, 1.807) is 11.8 Å². The number of thioether (sulfide) groups is 1. The Morgan fingerprint density at radius 3 is 2.80 bits per heavy atom. The molecule has 1 aliphatic carbocycles. The Bertz CT molecular complexity index is 223. The highest BCUT2D eigenvalue weighted by atomic mass is 32.2. The summed E-state index contributed by atoms with van der Waals surface area (Å²) in [5, 5.41) is 6.35. The lowest BCUT2D eigenvalue weighted by molar-refractivity contribution is -0.123. The molecule has 0 aromatic heterocycles. The minimum atomic E-state index is 0.0406. The highest BCUT2D eigenvalue weighted by Gasteiger charge is 2.27. The van der Waals surface area contributed by atoms with Crippen molar-refractivity contribution < 1.29 is 4.79 Å². The summed E-state index contributed by atoms with van der Waals surface area (Å²) in [5.74, 6) is 2.74. The maximum Gasteiger partial charge on any atom is 0.238 e. The minimum Gasteiger partial charge on any atom is -0.352 e. The van der Waals surface area contributed by atoms with E-state index in [-0.39, 0.29) is 11.9 Å². The van der Waals surface area contributed by atoms with Gasteiger partial charge in [-0.2, -0.15) is 0 Å². The summed E-state index contributed by atoms with van der Waals surface area (Å²) < 4.78 is 0. The van der Waals surface area contributed by atoms with E-state index >= 15 is 0 Å². The molecule has 1 amide bonds. The minimum absolute atomic E-state index is 0.0406. The lowest BCUT2D eigenvalue weighted by Gasteiger charge is -2.22. The number of nitrogens with one attached hydrogen (secondary N) is 2. The highest BCUT2D eigenvalue weighted by Crippen LogP contribution is 2.27. The Balaban J connectivity index is 1.77. The van der Waals surface area contributed by atoms with Crippen LogP contribution in [0, 0.1) is 5.92 Å². The van der Waals surface area contributed by atoms with Crippen LogP contribution in [0.3, 0.4) is 0 Å². The Morgan fingerprint density at radius 1 is 1.47 bits per heavy atom. The third-order valence-electron chi connectivity index (χ3n) is 3.51. The summed E-state index contributed by atoms with van der Waals surface area (Å²) in [6.45, 7) is 2.15. The fourth-order valence-corrected chi connectivity index (χ4v) is 3.41. The summed E-state index contributed by atoms with van der Waals surface area (Å²) in [6, 6.07) is 0.395. The molecule has 2 N–H and O–H groups in total. The van der Waals surface area contributed by atoms with Gasteiger partial charge in [-0.15, -0.1) is 11.8 Å². The van der Waals surface area contributed by atoms with Gasteiger partial charge in [-0.3, -0.25) is 10.1 Å². The van der Waals surface area contributed by atoms with E-state index in [0.717, 1.165) is 11.6 Å². The first-order valence-electron chi connectivity index (χ1n) is 5.89. The first-order valence-corrected chi connectivity index (χ1v) is 7.04. The molecule has 2 aliphatic rings. The van der Waals surface area contributed by atoms with Crippen molar-refractivity contribution in [2.45, 2.75) is 44.7 Å². The molecule has 1 aliphatic heterocycles. The zero-order valence-corrected chi connectivity index (χ0v) is 10.1. The van der Waals surface area contributed by atoms with Crippen molar-refractivity contribution in [2.75, 3.05) is 11.6 Å². The number of hydrogen-bond acceptors (Lipinski definition) is 3. The molecule has 1 saturated heterocycles. The molecule has 3 nitrogen and oxygen atoms in total. The predicted octanol–water partition coefficient (Wildman–Crippen LogP) is 1.34. The first-order chi connectivity index (χ1) is 7.27. The van der Waals surface area contributed by atoms with Crippen LogP contribution in [0.4, 0.5) is 0 Å². The number of amides is 1. The van der Waals surface area contributed by atoms with Crippen LogP contribution in [-0.2, 0) is 4.79 Å². The maximum absolute atomic E-state index is 11.8. The van der Waals surface area contributed by atoms with Crippen LogP contribution >= 0.6 is 11.8 Å². The summed E-state index contributed by atoms with van der Waals surface area (Å²) in [6.07, 6.45) is 5.24. The van der Waals surface area contributed by atoms with Crippen molar-refractivity contribution in [1.82, 2.24) is 10.6 Å². The lowest BCUT2D eigenvalue weighted by Crippen LogP contribution is -2.47. The second-order valence-corrected chi connectivity index (χ2v) is 5.64. The molecule has 0 aromatic carbocycles. The van der Waals surface area contributed by atoms with E-state index in [1.165, 1.54) is 25.7 Å². The smallest absolute Gasteiger partial charge is 0.238 e. The Hall–Kier alpha value is -0.220. The molecule has 0 aromatic rings. The largest absolute Gasteiger partial charge is 0.352 e. The quantitative estimate of drug-likeness (QED) is 0.766. The van der Waals surface area contributed by atoms with Crippen LogP contribution in [0.1, 0.15) is 32.6 Å². The van der Waals surface area contributed by atoms with Gasteiger partial charge in [0.05, 0.1) is 6.04 Å². The highest BCUT2D eigenvalue weighted by molar-refractivity contribution is 7.99. The average Bonchev–Trinajstić information content (AvgIpc) is 2.91. The molecule has 1 heterocycles. The number of hydrogen-bond donors (Lipinski definition) is 2. The third-order valence-corrected chi connectivity index (χ3v) is 4.45. The van der Waals surface area contributed by atoms with Gasteiger partial charge in [0.2, 0.25) is 5.91 Å². The molecule has 2 atom stereocenters. The van der Waals surface area contributed by atoms with Crippen molar-refractivity contribution in [3.63, 3.8) is 0 Å². The van der Waals surface area contributed by atoms with Crippen molar-refractivity contribution in [2.24, 2.45) is 5.92 Å². The molecular weight excluding hydrogens is 208 g/mol. The Labute approximate surface area is 95.8 Å². The summed E-state index contributed by atoms with van der Waals surface area (Å²) >= 11 is 1.80. The maximum atomic E-state index is 11.8. The van der Waals surface area contributed by atoms with E-state index in [2.05, 4.69) is 17.6 Å². The summed E-state index contributed by atoms with van der Waals surface area (Å²) in [4.78, 5) is 11.8. The van der Waals surface area contributed by atoms with Crippen LogP contribution in [0.5, 0.6) is 0 Å². The van der Waals surface area contributed by atoms with Gasteiger partial charge in [-0.05, 0) is 25.7 Å². The fraction of sp³-hybridized carbons (Fsp3) is 0.909. The first kappa shape index (κ1) is 11.3. The average molecular weight is 228 g/mol. The topological polar surface area (TPSA) is 41.1 Å².